The van der Waals surface area contributed by atoms with E-state index in [1.807, 2.05) is 42.5 Å². The van der Waals surface area contributed by atoms with Gasteiger partial charge in [0.2, 0.25) is 0 Å². The quantitative estimate of drug-likeness (QED) is 0.675. The number of rotatable bonds is 2. The second-order valence-electron chi connectivity index (χ2n) is 4.28. The number of benzene rings is 1. The van der Waals surface area contributed by atoms with Crippen LogP contribution in [0.15, 0.2) is 58.2 Å². The van der Waals surface area contributed by atoms with Crippen LogP contribution in [0.25, 0.3) is 0 Å². The molecule has 5 heteroatoms. The van der Waals surface area contributed by atoms with E-state index in [1.54, 1.807) is 11.3 Å². The molecule has 3 rings (SSSR count). The van der Waals surface area contributed by atoms with Gasteiger partial charge in [0.1, 0.15) is 11.8 Å². The van der Waals surface area contributed by atoms with Crippen LogP contribution in [-0.2, 0) is 0 Å². The third-order valence-corrected chi connectivity index (χ3v) is 3.48. The Hall–Kier alpha value is -1.59. The second kappa shape index (κ2) is 5.19. The minimum Gasteiger partial charge on any atom is -0.467 e. The number of thiol groups is 1. The third kappa shape index (κ3) is 2.43. The average molecular weight is 288 g/mol. The van der Waals surface area contributed by atoms with Gasteiger partial charge in [0.25, 0.3) is 0 Å². The molecule has 1 aliphatic rings. The summed E-state index contributed by atoms with van der Waals surface area (Å²) in [6, 6.07) is 13.9. The van der Waals surface area contributed by atoms with Gasteiger partial charge in [-0.1, -0.05) is 42.5 Å². The maximum absolute atomic E-state index is 5.47. The molecule has 0 amide bonds. The summed E-state index contributed by atoms with van der Waals surface area (Å²) in [6.07, 6.45) is 2.42. The molecule has 0 fully saturated rings. The molecule has 1 unspecified atom stereocenters. The number of thiocarbonyl (C=S) groups is 1. The first-order valence-corrected chi connectivity index (χ1v) is 6.79. The standard InChI is InChI=1S/C14H12N2OS2/c18-14(19)16-12(13-7-4-8-17-13)9-11(15-16)10-5-2-1-3-6-10/h1-8,12H,9H2,(H,18,19). The van der Waals surface area contributed by atoms with Crippen molar-refractivity contribution in [1.29, 1.82) is 0 Å². The highest BCUT2D eigenvalue weighted by atomic mass is 32.1. The zero-order valence-corrected chi connectivity index (χ0v) is 11.8. The fourth-order valence-electron chi connectivity index (χ4n) is 2.19. The number of hydrogen-bond donors (Lipinski definition) is 1. The Balaban J connectivity index is 1.94. The van der Waals surface area contributed by atoms with Gasteiger partial charge in [0.15, 0.2) is 4.32 Å². The minimum absolute atomic E-state index is 0.00444. The van der Waals surface area contributed by atoms with Crippen LogP contribution in [0.2, 0.25) is 0 Å². The lowest BCUT2D eigenvalue weighted by atomic mass is 10.0. The van der Waals surface area contributed by atoms with Crippen molar-refractivity contribution in [2.45, 2.75) is 12.5 Å². The van der Waals surface area contributed by atoms with E-state index in [0.29, 0.717) is 4.32 Å². The van der Waals surface area contributed by atoms with Crippen LogP contribution >= 0.6 is 24.8 Å². The predicted molar refractivity (Wildman–Crippen MR) is 82.5 cm³/mol. The lowest BCUT2D eigenvalue weighted by Crippen LogP contribution is -2.21. The topological polar surface area (TPSA) is 28.7 Å². The number of hydrazone groups is 1. The summed E-state index contributed by atoms with van der Waals surface area (Å²) >= 11 is 9.40. The summed E-state index contributed by atoms with van der Waals surface area (Å²) in [6.45, 7) is 0. The Morgan fingerprint density at radius 1 is 1.26 bits per heavy atom. The van der Waals surface area contributed by atoms with Crippen molar-refractivity contribution in [2.75, 3.05) is 0 Å². The molecule has 0 saturated carbocycles. The highest BCUT2D eigenvalue weighted by Gasteiger charge is 2.31. The van der Waals surface area contributed by atoms with Crippen LogP contribution in [0, 0.1) is 0 Å². The van der Waals surface area contributed by atoms with Crippen molar-refractivity contribution in [3.8, 4) is 0 Å². The van der Waals surface area contributed by atoms with Gasteiger partial charge >= 0.3 is 0 Å². The van der Waals surface area contributed by atoms with E-state index in [0.717, 1.165) is 23.5 Å². The molecule has 19 heavy (non-hydrogen) atoms. The molecule has 2 heterocycles. The number of hydrogen-bond acceptors (Lipinski definition) is 3. The Kier molecular flexibility index (Phi) is 3.40. The summed E-state index contributed by atoms with van der Waals surface area (Å²) in [5, 5.41) is 6.30. The first-order chi connectivity index (χ1) is 9.25. The van der Waals surface area contributed by atoms with E-state index >= 15 is 0 Å². The SMILES string of the molecule is S=C(S)N1N=C(c2ccccc2)CC1c1ccco1. The third-order valence-electron chi connectivity index (χ3n) is 3.08. The number of furan rings is 1. The van der Waals surface area contributed by atoms with E-state index < -0.39 is 0 Å². The summed E-state index contributed by atoms with van der Waals surface area (Å²) in [7, 11) is 0. The highest BCUT2D eigenvalue weighted by Crippen LogP contribution is 2.33. The molecule has 1 atom stereocenters. The highest BCUT2D eigenvalue weighted by molar-refractivity contribution is 8.10. The van der Waals surface area contributed by atoms with Gasteiger partial charge in [-0.15, -0.1) is 12.6 Å². The van der Waals surface area contributed by atoms with Gasteiger partial charge in [-0.25, -0.2) is 5.01 Å². The van der Waals surface area contributed by atoms with Crippen LogP contribution in [0.1, 0.15) is 23.8 Å². The molecule has 3 nitrogen and oxygen atoms in total. The van der Waals surface area contributed by atoms with Gasteiger partial charge in [-0.05, 0) is 17.7 Å². The normalized spacial score (nSPS) is 18.5. The van der Waals surface area contributed by atoms with Gasteiger partial charge in [-0.3, -0.25) is 0 Å². The molecule has 0 bridgehead atoms. The van der Waals surface area contributed by atoms with Gasteiger partial charge in [-0.2, -0.15) is 5.10 Å². The van der Waals surface area contributed by atoms with Crippen LogP contribution in [-0.4, -0.2) is 15.0 Å². The van der Waals surface area contributed by atoms with Gasteiger partial charge in [0.05, 0.1) is 12.0 Å². The van der Waals surface area contributed by atoms with Crippen molar-refractivity contribution in [2.24, 2.45) is 5.10 Å². The molecule has 0 aliphatic carbocycles. The fourth-order valence-corrected chi connectivity index (χ4v) is 2.55. The first-order valence-electron chi connectivity index (χ1n) is 5.94. The fraction of sp³-hybridized carbons (Fsp3) is 0.143. The zero-order valence-electron chi connectivity index (χ0n) is 10.1. The Bertz CT molecular complexity index is 608. The number of nitrogens with zero attached hydrogens (tertiary/aromatic N) is 2. The molecule has 0 radical (unpaired) electrons. The minimum atomic E-state index is -0.00444. The van der Waals surface area contributed by atoms with E-state index in [2.05, 4.69) is 17.7 Å². The van der Waals surface area contributed by atoms with E-state index in [1.165, 1.54) is 0 Å². The summed E-state index contributed by atoms with van der Waals surface area (Å²) in [4.78, 5) is 0. The lowest BCUT2D eigenvalue weighted by molar-refractivity contribution is 0.323. The lowest BCUT2D eigenvalue weighted by Gasteiger charge is -2.19. The van der Waals surface area contributed by atoms with E-state index in [4.69, 9.17) is 16.6 Å². The van der Waals surface area contributed by atoms with Gasteiger partial charge < -0.3 is 4.42 Å². The molecule has 1 aromatic heterocycles. The van der Waals surface area contributed by atoms with Gasteiger partial charge in [0, 0.05) is 6.42 Å². The van der Waals surface area contributed by atoms with Crippen molar-refractivity contribution >= 4 is 34.9 Å². The van der Waals surface area contributed by atoms with Crippen LogP contribution < -0.4 is 0 Å². The predicted octanol–water partition coefficient (Wildman–Crippen LogP) is 3.65. The van der Waals surface area contributed by atoms with Crippen molar-refractivity contribution in [3.63, 3.8) is 0 Å². The average Bonchev–Trinajstić information content (AvgIpc) is 3.08. The molecular formula is C14H12N2OS2. The molecular weight excluding hydrogens is 276 g/mol. The van der Waals surface area contributed by atoms with E-state index in [9.17, 15) is 0 Å². The van der Waals surface area contributed by atoms with Crippen LogP contribution in [0.4, 0.5) is 0 Å². The largest absolute Gasteiger partial charge is 0.467 e. The summed E-state index contributed by atoms with van der Waals surface area (Å²) in [5.41, 5.74) is 2.10. The maximum atomic E-state index is 5.47. The molecule has 0 N–H and O–H groups in total. The molecule has 0 spiro atoms. The Labute approximate surface area is 122 Å². The zero-order chi connectivity index (χ0) is 13.2. The maximum Gasteiger partial charge on any atom is 0.154 e. The Morgan fingerprint density at radius 2 is 2.05 bits per heavy atom. The first kappa shape index (κ1) is 12.4. The summed E-state index contributed by atoms with van der Waals surface area (Å²) < 4.78 is 5.92. The van der Waals surface area contributed by atoms with Crippen LogP contribution in [0.5, 0.6) is 0 Å². The van der Waals surface area contributed by atoms with Crippen molar-refractivity contribution < 1.29 is 4.42 Å². The molecule has 0 saturated heterocycles. The molecule has 96 valence electrons. The summed E-state index contributed by atoms with van der Waals surface area (Å²) in [5.74, 6) is 0.853. The Morgan fingerprint density at radius 3 is 2.68 bits per heavy atom. The van der Waals surface area contributed by atoms with Crippen molar-refractivity contribution in [3.05, 3.63) is 60.1 Å². The van der Waals surface area contributed by atoms with E-state index in [-0.39, 0.29) is 6.04 Å². The van der Waals surface area contributed by atoms with Crippen molar-refractivity contribution in [1.82, 2.24) is 5.01 Å². The molecule has 1 aliphatic heterocycles. The molecule has 2 aromatic rings. The second-order valence-corrected chi connectivity index (χ2v) is 5.39. The molecule has 1 aromatic carbocycles. The van der Waals surface area contributed by atoms with Crippen LogP contribution in [0.3, 0.4) is 0 Å². The monoisotopic (exact) mass is 288 g/mol. The smallest absolute Gasteiger partial charge is 0.154 e.